The first-order valence-electron chi connectivity index (χ1n) is 7.45. The summed E-state index contributed by atoms with van der Waals surface area (Å²) in [7, 11) is 0. The first-order valence-corrected chi connectivity index (χ1v) is 8.24. The molecule has 1 aliphatic heterocycles. The molecule has 0 spiro atoms. The van der Waals surface area contributed by atoms with Gasteiger partial charge in [0.05, 0.1) is 5.92 Å². The van der Waals surface area contributed by atoms with Crippen molar-refractivity contribution in [2.24, 2.45) is 5.92 Å². The molecule has 1 aromatic heterocycles. The Balaban J connectivity index is 1.81. The van der Waals surface area contributed by atoms with Gasteiger partial charge in [0.15, 0.2) is 0 Å². The molecule has 0 bridgehead atoms. The van der Waals surface area contributed by atoms with Crippen molar-refractivity contribution in [1.29, 1.82) is 0 Å². The Bertz CT molecular complexity index is 781. The highest BCUT2D eigenvalue weighted by atomic mass is 79.9. The zero-order valence-electron chi connectivity index (χ0n) is 12.7. The quantitative estimate of drug-likeness (QED) is 0.866. The van der Waals surface area contributed by atoms with Crippen molar-refractivity contribution in [1.82, 2.24) is 9.88 Å². The Morgan fingerprint density at radius 1 is 1.29 bits per heavy atom. The van der Waals surface area contributed by atoms with Gasteiger partial charge >= 0.3 is 5.97 Å². The van der Waals surface area contributed by atoms with Crippen LogP contribution in [0.2, 0.25) is 0 Å². The maximum absolute atomic E-state index is 12.7. The number of ether oxygens (including phenoxy) is 1. The average molecular weight is 391 g/mol. The summed E-state index contributed by atoms with van der Waals surface area (Å²) in [4.78, 5) is 29.4. The topological polar surface area (TPSA) is 79.7 Å². The van der Waals surface area contributed by atoms with E-state index in [0.717, 1.165) is 4.47 Å². The van der Waals surface area contributed by atoms with Crippen LogP contribution in [0.1, 0.15) is 16.8 Å². The van der Waals surface area contributed by atoms with Crippen molar-refractivity contribution < 1.29 is 19.4 Å². The fraction of sp³-hybridized carbons (Fsp3) is 0.235. The van der Waals surface area contributed by atoms with Gasteiger partial charge in [-0.1, -0.05) is 22.0 Å². The average Bonchev–Trinajstić information content (AvgIpc) is 3.05. The van der Waals surface area contributed by atoms with Gasteiger partial charge in [0.1, 0.15) is 11.3 Å². The monoisotopic (exact) mass is 390 g/mol. The normalized spacial score (nSPS) is 16.9. The standard InChI is InChI=1S/C17H15BrN2O4/c18-12-3-1-4-13(9-12)24-15-14(5-2-7-19-15)16(21)20-8-6-11(10-20)17(22)23/h1-5,7,9,11H,6,8,10H2,(H,22,23)/t11-/m0/s1. The van der Waals surface area contributed by atoms with Crippen molar-refractivity contribution in [3.63, 3.8) is 0 Å². The summed E-state index contributed by atoms with van der Waals surface area (Å²) >= 11 is 3.37. The number of hydrogen-bond donors (Lipinski definition) is 1. The van der Waals surface area contributed by atoms with E-state index in [0.29, 0.717) is 24.3 Å². The van der Waals surface area contributed by atoms with Crippen molar-refractivity contribution in [3.05, 3.63) is 52.6 Å². The van der Waals surface area contributed by atoms with E-state index in [1.807, 2.05) is 12.1 Å². The van der Waals surface area contributed by atoms with E-state index >= 15 is 0 Å². The molecule has 0 aliphatic carbocycles. The van der Waals surface area contributed by atoms with E-state index < -0.39 is 11.9 Å². The number of aliphatic carboxylic acids is 1. The Hall–Kier alpha value is -2.41. The molecule has 2 aromatic rings. The van der Waals surface area contributed by atoms with Crippen LogP contribution in [0.4, 0.5) is 0 Å². The number of halogens is 1. The Morgan fingerprint density at radius 2 is 2.12 bits per heavy atom. The molecular weight excluding hydrogens is 376 g/mol. The zero-order valence-corrected chi connectivity index (χ0v) is 14.3. The summed E-state index contributed by atoms with van der Waals surface area (Å²) in [6, 6.07) is 10.5. The van der Waals surface area contributed by atoms with Gasteiger partial charge in [-0.15, -0.1) is 0 Å². The minimum absolute atomic E-state index is 0.208. The van der Waals surface area contributed by atoms with Crippen LogP contribution >= 0.6 is 15.9 Å². The molecule has 7 heteroatoms. The van der Waals surface area contributed by atoms with Crippen LogP contribution in [0.15, 0.2) is 47.1 Å². The summed E-state index contributed by atoms with van der Waals surface area (Å²) in [5.74, 6) is -0.889. The minimum Gasteiger partial charge on any atom is -0.481 e. The highest BCUT2D eigenvalue weighted by molar-refractivity contribution is 9.10. The van der Waals surface area contributed by atoms with E-state index in [9.17, 15) is 9.59 Å². The molecule has 1 N–H and O–H groups in total. The van der Waals surface area contributed by atoms with Crippen LogP contribution in [-0.2, 0) is 4.79 Å². The number of amides is 1. The smallest absolute Gasteiger partial charge is 0.308 e. The summed E-state index contributed by atoms with van der Waals surface area (Å²) < 4.78 is 6.59. The fourth-order valence-electron chi connectivity index (χ4n) is 2.59. The maximum atomic E-state index is 12.7. The summed E-state index contributed by atoms with van der Waals surface area (Å²) in [5.41, 5.74) is 0.323. The van der Waals surface area contributed by atoms with Gasteiger partial charge in [-0.25, -0.2) is 4.98 Å². The first kappa shape index (κ1) is 16.4. The number of likely N-dealkylation sites (tertiary alicyclic amines) is 1. The van der Waals surface area contributed by atoms with Gasteiger partial charge in [-0.3, -0.25) is 9.59 Å². The molecule has 1 atom stereocenters. The van der Waals surface area contributed by atoms with Gasteiger partial charge in [-0.05, 0) is 36.8 Å². The number of carbonyl (C=O) groups is 2. The summed E-state index contributed by atoms with van der Waals surface area (Å²) in [6.45, 7) is 0.625. The summed E-state index contributed by atoms with van der Waals surface area (Å²) in [5, 5.41) is 9.08. The second kappa shape index (κ2) is 7.00. The highest BCUT2D eigenvalue weighted by Gasteiger charge is 2.32. The van der Waals surface area contributed by atoms with Crippen LogP contribution in [0, 0.1) is 5.92 Å². The molecule has 3 rings (SSSR count). The molecule has 1 saturated heterocycles. The number of carboxylic acid groups (broad SMARTS) is 1. The lowest BCUT2D eigenvalue weighted by atomic mass is 10.1. The molecule has 0 unspecified atom stereocenters. The Labute approximate surface area is 147 Å². The molecule has 24 heavy (non-hydrogen) atoms. The van der Waals surface area contributed by atoms with E-state index in [4.69, 9.17) is 9.84 Å². The Kier molecular flexibility index (Phi) is 4.80. The molecule has 0 radical (unpaired) electrons. The second-order valence-electron chi connectivity index (χ2n) is 5.49. The van der Waals surface area contributed by atoms with Crippen molar-refractivity contribution in [3.8, 4) is 11.6 Å². The van der Waals surface area contributed by atoms with Crippen molar-refractivity contribution in [2.45, 2.75) is 6.42 Å². The molecule has 0 saturated carbocycles. The van der Waals surface area contributed by atoms with Crippen LogP contribution in [0.5, 0.6) is 11.6 Å². The number of nitrogens with zero attached hydrogens (tertiary/aromatic N) is 2. The lowest BCUT2D eigenvalue weighted by molar-refractivity contribution is -0.141. The molecule has 2 heterocycles. The number of benzene rings is 1. The third-order valence-corrected chi connectivity index (χ3v) is 4.33. The molecule has 1 fully saturated rings. The predicted octanol–water partition coefficient (Wildman–Crippen LogP) is 3.18. The minimum atomic E-state index is -0.873. The lowest BCUT2D eigenvalue weighted by Gasteiger charge is -2.17. The number of rotatable bonds is 4. The van der Waals surface area contributed by atoms with Crippen molar-refractivity contribution in [2.75, 3.05) is 13.1 Å². The van der Waals surface area contributed by atoms with Crippen LogP contribution < -0.4 is 4.74 Å². The van der Waals surface area contributed by atoms with E-state index in [1.165, 1.54) is 4.90 Å². The fourth-order valence-corrected chi connectivity index (χ4v) is 2.97. The number of pyridine rings is 1. The van der Waals surface area contributed by atoms with E-state index in [1.54, 1.807) is 30.5 Å². The molecule has 1 amide bonds. The van der Waals surface area contributed by atoms with Crippen LogP contribution in [0.25, 0.3) is 0 Å². The molecule has 1 aliphatic rings. The molecular formula is C17H15BrN2O4. The van der Waals surface area contributed by atoms with Gasteiger partial charge in [0, 0.05) is 23.8 Å². The second-order valence-corrected chi connectivity index (χ2v) is 6.41. The highest BCUT2D eigenvalue weighted by Crippen LogP contribution is 2.27. The Morgan fingerprint density at radius 3 is 2.83 bits per heavy atom. The maximum Gasteiger partial charge on any atom is 0.308 e. The summed E-state index contributed by atoms with van der Waals surface area (Å²) in [6.07, 6.45) is 2.01. The van der Waals surface area contributed by atoms with Crippen LogP contribution in [0.3, 0.4) is 0 Å². The van der Waals surface area contributed by atoms with Crippen LogP contribution in [-0.4, -0.2) is 40.0 Å². The number of hydrogen-bond acceptors (Lipinski definition) is 4. The largest absolute Gasteiger partial charge is 0.481 e. The number of aromatic nitrogens is 1. The van der Waals surface area contributed by atoms with E-state index in [2.05, 4.69) is 20.9 Å². The van der Waals surface area contributed by atoms with Gasteiger partial charge in [0.2, 0.25) is 5.88 Å². The third-order valence-electron chi connectivity index (χ3n) is 3.84. The first-order chi connectivity index (χ1) is 11.5. The zero-order chi connectivity index (χ0) is 17.1. The predicted molar refractivity (Wildman–Crippen MR) is 90.1 cm³/mol. The third kappa shape index (κ3) is 3.56. The van der Waals surface area contributed by atoms with Gasteiger partial charge in [-0.2, -0.15) is 0 Å². The van der Waals surface area contributed by atoms with Crippen molar-refractivity contribution >= 4 is 27.8 Å². The van der Waals surface area contributed by atoms with E-state index in [-0.39, 0.29) is 18.3 Å². The number of carboxylic acids is 1. The molecule has 6 nitrogen and oxygen atoms in total. The van der Waals surface area contributed by atoms with Gasteiger partial charge in [0.25, 0.3) is 5.91 Å². The lowest BCUT2D eigenvalue weighted by Crippen LogP contribution is -2.30. The number of carbonyl (C=O) groups excluding carboxylic acids is 1. The molecule has 1 aromatic carbocycles. The molecule has 124 valence electrons. The SMILES string of the molecule is O=C(O)[C@H]1CCN(C(=O)c2cccnc2Oc2cccc(Br)c2)C1. The van der Waals surface area contributed by atoms with Gasteiger partial charge < -0.3 is 14.7 Å².